The fourth-order valence-electron chi connectivity index (χ4n) is 7.41. The van der Waals surface area contributed by atoms with Crippen LogP contribution in [-0.4, -0.2) is 66.9 Å². The molecule has 2 aliphatic heterocycles. The standard InChI is InChI=1S/C41H50N4O/c46-41(39(31-42-37-17-9-3-10-18-37)44-25-21-35(22-26-44)29-33-13-5-1-6-14-33)40(32-43-38-19-11-4-12-20-38)45-27-23-36(24-28-45)30-34-15-7-2-8-16-34/h1-20,35-36,39-40,42-43H,21-32H2. The molecule has 5 heteroatoms. The Morgan fingerprint density at radius 2 is 0.848 bits per heavy atom. The minimum Gasteiger partial charge on any atom is -0.383 e. The Kier molecular flexibility index (Phi) is 11.5. The van der Waals surface area contributed by atoms with Crippen molar-refractivity contribution < 1.29 is 4.79 Å². The lowest BCUT2D eigenvalue weighted by atomic mass is 9.87. The topological polar surface area (TPSA) is 47.6 Å². The lowest BCUT2D eigenvalue weighted by molar-refractivity contribution is -0.130. The van der Waals surface area contributed by atoms with Gasteiger partial charge >= 0.3 is 0 Å². The summed E-state index contributed by atoms with van der Waals surface area (Å²) in [4.78, 5) is 19.8. The van der Waals surface area contributed by atoms with E-state index in [1.807, 2.05) is 12.1 Å². The Bertz CT molecular complexity index is 1320. The molecule has 2 saturated heterocycles. The molecule has 0 saturated carbocycles. The molecular weight excluding hydrogens is 564 g/mol. The largest absolute Gasteiger partial charge is 0.383 e. The third-order valence-electron chi connectivity index (χ3n) is 10.1. The van der Waals surface area contributed by atoms with E-state index in [9.17, 15) is 4.79 Å². The maximum atomic E-state index is 14.9. The number of Topliss-reactive ketones (excluding diaryl/α,β-unsaturated/α-hetero) is 1. The first-order valence-electron chi connectivity index (χ1n) is 17.4. The summed E-state index contributed by atoms with van der Waals surface area (Å²) in [6.45, 7) is 5.09. The molecule has 46 heavy (non-hydrogen) atoms. The lowest BCUT2D eigenvalue weighted by Crippen LogP contribution is -2.58. The Morgan fingerprint density at radius 1 is 0.522 bits per heavy atom. The number of nitrogens with one attached hydrogen (secondary N) is 2. The molecule has 6 rings (SSSR count). The van der Waals surface area contributed by atoms with Gasteiger partial charge < -0.3 is 10.6 Å². The summed E-state index contributed by atoms with van der Waals surface area (Å²) in [5, 5.41) is 7.28. The summed E-state index contributed by atoms with van der Waals surface area (Å²) in [6, 6.07) is 42.1. The zero-order valence-corrected chi connectivity index (χ0v) is 27.1. The molecule has 4 aromatic rings. The number of carbonyl (C=O) groups is 1. The van der Waals surface area contributed by atoms with Crippen molar-refractivity contribution in [1.29, 1.82) is 0 Å². The van der Waals surface area contributed by atoms with Gasteiger partial charge in [-0.25, -0.2) is 0 Å². The summed E-state index contributed by atoms with van der Waals surface area (Å²) in [5.74, 6) is 1.67. The second-order valence-electron chi connectivity index (χ2n) is 13.3. The quantitative estimate of drug-likeness (QED) is 0.155. The van der Waals surface area contributed by atoms with Crippen LogP contribution in [0.5, 0.6) is 0 Å². The average molecular weight is 615 g/mol. The van der Waals surface area contributed by atoms with Crippen molar-refractivity contribution in [1.82, 2.24) is 9.80 Å². The first-order chi connectivity index (χ1) is 22.7. The first-order valence-corrected chi connectivity index (χ1v) is 17.4. The van der Waals surface area contributed by atoms with E-state index >= 15 is 0 Å². The molecule has 5 nitrogen and oxygen atoms in total. The molecule has 2 fully saturated rings. The highest BCUT2D eigenvalue weighted by molar-refractivity contribution is 5.90. The molecule has 0 aromatic heterocycles. The van der Waals surface area contributed by atoms with Crippen LogP contribution in [0.15, 0.2) is 121 Å². The summed E-state index contributed by atoms with van der Waals surface area (Å²) < 4.78 is 0. The van der Waals surface area contributed by atoms with Crippen LogP contribution in [0.25, 0.3) is 0 Å². The molecule has 4 aromatic carbocycles. The fraction of sp³-hybridized carbons (Fsp3) is 0.390. The van der Waals surface area contributed by atoms with E-state index in [1.54, 1.807) is 0 Å². The molecule has 0 amide bonds. The van der Waals surface area contributed by atoms with E-state index in [-0.39, 0.29) is 12.1 Å². The maximum Gasteiger partial charge on any atom is 0.170 e. The number of para-hydroxylation sites is 2. The zero-order valence-electron chi connectivity index (χ0n) is 27.1. The van der Waals surface area contributed by atoms with Crippen LogP contribution in [0.4, 0.5) is 11.4 Å². The number of hydrogen-bond acceptors (Lipinski definition) is 5. The monoisotopic (exact) mass is 614 g/mol. The van der Waals surface area contributed by atoms with Crippen LogP contribution in [-0.2, 0) is 17.6 Å². The number of ketones is 1. The van der Waals surface area contributed by atoms with Crippen LogP contribution < -0.4 is 10.6 Å². The van der Waals surface area contributed by atoms with E-state index in [0.29, 0.717) is 30.7 Å². The second-order valence-corrected chi connectivity index (χ2v) is 13.3. The minimum absolute atomic E-state index is 0.178. The van der Waals surface area contributed by atoms with Gasteiger partial charge in [0.05, 0.1) is 12.1 Å². The molecule has 0 bridgehead atoms. The fourth-order valence-corrected chi connectivity index (χ4v) is 7.41. The lowest BCUT2D eigenvalue weighted by Gasteiger charge is -2.42. The number of nitrogens with zero attached hydrogens (tertiary/aromatic N) is 2. The second kappa shape index (κ2) is 16.6. The van der Waals surface area contributed by atoms with E-state index in [2.05, 4.69) is 130 Å². The highest BCUT2D eigenvalue weighted by Crippen LogP contribution is 2.27. The van der Waals surface area contributed by atoms with Gasteiger partial charge in [0, 0.05) is 24.5 Å². The van der Waals surface area contributed by atoms with Gasteiger partial charge in [0.1, 0.15) is 0 Å². The molecule has 2 heterocycles. The Hall–Kier alpha value is -3.93. The first kappa shape index (κ1) is 32.0. The van der Waals surface area contributed by atoms with E-state index in [4.69, 9.17) is 0 Å². The Morgan fingerprint density at radius 3 is 1.20 bits per heavy atom. The minimum atomic E-state index is -0.178. The highest BCUT2D eigenvalue weighted by atomic mass is 16.1. The zero-order chi connectivity index (χ0) is 31.4. The molecule has 0 radical (unpaired) electrons. The van der Waals surface area contributed by atoms with Crippen molar-refractivity contribution in [3.8, 4) is 0 Å². The Balaban J connectivity index is 1.16. The number of carbonyl (C=O) groups excluding carboxylic acids is 1. The maximum absolute atomic E-state index is 14.9. The summed E-state index contributed by atoms with van der Waals surface area (Å²) in [5.41, 5.74) is 4.98. The van der Waals surface area contributed by atoms with Crippen molar-refractivity contribution in [2.75, 3.05) is 49.9 Å². The van der Waals surface area contributed by atoms with Crippen LogP contribution >= 0.6 is 0 Å². The van der Waals surface area contributed by atoms with Crippen molar-refractivity contribution in [3.05, 3.63) is 132 Å². The van der Waals surface area contributed by atoms with Gasteiger partial charge in [-0.2, -0.15) is 0 Å². The molecule has 0 aliphatic carbocycles. The van der Waals surface area contributed by atoms with Gasteiger partial charge in [0.2, 0.25) is 0 Å². The van der Waals surface area contributed by atoms with E-state index in [1.165, 1.54) is 11.1 Å². The van der Waals surface area contributed by atoms with Crippen LogP contribution in [0, 0.1) is 11.8 Å². The predicted octanol–water partition coefficient (Wildman–Crippen LogP) is 7.43. The smallest absolute Gasteiger partial charge is 0.170 e. The molecule has 2 N–H and O–H groups in total. The summed E-state index contributed by atoms with van der Waals surface area (Å²) in [6.07, 6.45) is 6.75. The normalized spacial score (nSPS) is 18.1. The molecule has 2 atom stereocenters. The number of benzene rings is 4. The average Bonchev–Trinajstić information content (AvgIpc) is 3.12. The van der Waals surface area contributed by atoms with Crippen molar-refractivity contribution >= 4 is 17.2 Å². The third-order valence-corrected chi connectivity index (χ3v) is 10.1. The van der Waals surface area contributed by atoms with E-state index < -0.39 is 0 Å². The van der Waals surface area contributed by atoms with Crippen LogP contribution in [0.3, 0.4) is 0 Å². The molecular formula is C41H50N4O. The van der Waals surface area contributed by atoms with Gasteiger partial charge in [-0.15, -0.1) is 0 Å². The van der Waals surface area contributed by atoms with E-state index in [0.717, 1.165) is 76.1 Å². The number of rotatable bonds is 14. The number of piperidine rings is 2. The molecule has 240 valence electrons. The molecule has 2 unspecified atom stereocenters. The van der Waals surface area contributed by atoms with Gasteiger partial charge in [-0.1, -0.05) is 97.1 Å². The van der Waals surface area contributed by atoms with Gasteiger partial charge in [0.25, 0.3) is 0 Å². The van der Waals surface area contributed by atoms with Gasteiger partial charge in [-0.05, 0) is 112 Å². The highest BCUT2D eigenvalue weighted by Gasteiger charge is 2.37. The van der Waals surface area contributed by atoms with Gasteiger partial charge in [-0.3, -0.25) is 14.6 Å². The van der Waals surface area contributed by atoms with Crippen LogP contribution in [0.2, 0.25) is 0 Å². The molecule has 0 spiro atoms. The number of likely N-dealkylation sites (tertiary alicyclic amines) is 2. The van der Waals surface area contributed by atoms with Crippen LogP contribution in [0.1, 0.15) is 36.8 Å². The summed E-state index contributed by atoms with van der Waals surface area (Å²) >= 11 is 0. The van der Waals surface area contributed by atoms with Gasteiger partial charge in [0.15, 0.2) is 5.78 Å². The Labute approximate surface area is 276 Å². The number of hydrogen-bond donors (Lipinski definition) is 2. The van der Waals surface area contributed by atoms with Crippen molar-refractivity contribution in [2.45, 2.75) is 50.6 Å². The van der Waals surface area contributed by atoms with Crippen molar-refractivity contribution in [3.63, 3.8) is 0 Å². The number of anilines is 2. The molecule has 2 aliphatic rings. The SMILES string of the molecule is O=C(C(CNc1ccccc1)N1CCC(Cc2ccccc2)CC1)C(CNc1ccccc1)N1CCC(Cc2ccccc2)CC1. The summed E-state index contributed by atoms with van der Waals surface area (Å²) in [7, 11) is 0. The van der Waals surface area contributed by atoms with Crippen molar-refractivity contribution in [2.24, 2.45) is 11.8 Å². The predicted molar refractivity (Wildman–Crippen MR) is 191 cm³/mol. The third kappa shape index (κ3) is 9.08.